The summed E-state index contributed by atoms with van der Waals surface area (Å²) < 4.78 is 25.0. The highest BCUT2D eigenvalue weighted by Crippen LogP contribution is 2.27. The predicted molar refractivity (Wildman–Crippen MR) is 111 cm³/mol. The quantitative estimate of drug-likeness (QED) is 0.451. The number of ether oxygens (including phenoxy) is 1. The molecule has 0 radical (unpaired) electrons. The summed E-state index contributed by atoms with van der Waals surface area (Å²) in [6.45, 7) is 5.96. The Labute approximate surface area is 169 Å². The maximum absolute atomic E-state index is 13.8. The van der Waals surface area contributed by atoms with E-state index in [4.69, 9.17) is 9.15 Å². The molecule has 3 rings (SSSR count). The van der Waals surface area contributed by atoms with E-state index in [-0.39, 0.29) is 18.3 Å². The zero-order valence-corrected chi connectivity index (χ0v) is 16.6. The molecule has 0 aliphatic rings. The lowest BCUT2D eigenvalue weighted by Crippen LogP contribution is -2.24. The van der Waals surface area contributed by atoms with Gasteiger partial charge in [0.05, 0.1) is 11.8 Å². The Bertz CT molecular complexity index is 1020. The molecular formula is C23H23FN2O3. The van der Waals surface area contributed by atoms with Crippen LogP contribution in [0.1, 0.15) is 36.7 Å². The van der Waals surface area contributed by atoms with Crippen molar-refractivity contribution in [3.63, 3.8) is 0 Å². The highest BCUT2D eigenvalue weighted by atomic mass is 19.1. The van der Waals surface area contributed by atoms with E-state index >= 15 is 0 Å². The van der Waals surface area contributed by atoms with E-state index in [0.29, 0.717) is 22.8 Å². The van der Waals surface area contributed by atoms with Crippen LogP contribution in [0, 0.1) is 12.7 Å². The molecule has 1 N–H and O–H groups in total. The fourth-order valence-corrected chi connectivity index (χ4v) is 2.82. The number of rotatable bonds is 7. The summed E-state index contributed by atoms with van der Waals surface area (Å²) >= 11 is 0. The number of nitrogens with one attached hydrogen (secondary N) is 1. The van der Waals surface area contributed by atoms with Gasteiger partial charge in [0, 0.05) is 0 Å². The van der Waals surface area contributed by atoms with Gasteiger partial charge < -0.3 is 9.15 Å². The average molecular weight is 394 g/mol. The number of benzene rings is 2. The third-order valence-corrected chi connectivity index (χ3v) is 4.30. The number of nitrogens with zero attached hydrogens (tertiary/aromatic N) is 1. The number of furan rings is 1. The first-order valence-corrected chi connectivity index (χ1v) is 9.34. The summed E-state index contributed by atoms with van der Waals surface area (Å²) in [5.74, 6) is 1.00. The molecule has 0 saturated heterocycles. The van der Waals surface area contributed by atoms with Crippen molar-refractivity contribution in [2.24, 2.45) is 5.10 Å². The summed E-state index contributed by atoms with van der Waals surface area (Å²) in [5.41, 5.74) is 4.87. The molecule has 150 valence electrons. The van der Waals surface area contributed by atoms with Gasteiger partial charge in [-0.05, 0) is 54.3 Å². The molecule has 3 aromatic rings. The molecule has 0 aliphatic carbocycles. The van der Waals surface area contributed by atoms with Crippen molar-refractivity contribution in [1.29, 1.82) is 0 Å². The zero-order valence-electron chi connectivity index (χ0n) is 16.6. The van der Waals surface area contributed by atoms with Crippen molar-refractivity contribution in [2.45, 2.75) is 26.7 Å². The van der Waals surface area contributed by atoms with Crippen molar-refractivity contribution in [3.05, 3.63) is 77.3 Å². The number of carbonyl (C=O) groups excluding carboxylic acids is 1. The summed E-state index contributed by atoms with van der Waals surface area (Å²) in [6.07, 6.45) is 1.36. The monoisotopic (exact) mass is 394 g/mol. The van der Waals surface area contributed by atoms with E-state index in [9.17, 15) is 9.18 Å². The molecule has 0 spiro atoms. The Hall–Kier alpha value is -3.41. The molecule has 0 atom stereocenters. The smallest absolute Gasteiger partial charge is 0.277 e. The molecule has 0 fully saturated rings. The maximum atomic E-state index is 13.8. The number of aryl methyl sites for hydroxylation is 1. The minimum Gasteiger partial charge on any atom is -0.483 e. The number of amides is 1. The van der Waals surface area contributed by atoms with E-state index < -0.39 is 5.91 Å². The second kappa shape index (κ2) is 9.19. The van der Waals surface area contributed by atoms with E-state index in [2.05, 4.69) is 24.4 Å². The second-order valence-electron chi connectivity index (χ2n) is 6.96. The first kappa shape index (κ1) is 20.3. The van der Waals surface area contributed by atoms with E-state index in [1.165, 1.54) is 12.3 Å². The molecule has 0 bridgehead atoms. The van der Waals surface area contributed by atoms with Crippen molar-refractivity contribution in [3.8, 4) is 17.1 Å². The number of hydrazone groups is 1. The SMILES string of the molecule is Cc1ccc(C(C)C)c(OCC(=O)N/N=C/c2ccc(-c3ccccc3F)o2)c1. The minimum absolute atomic E-state index is 0.154. The van der Waals surface area contributed by atoms with E-state index in [1.807, 2.05) is 25.1 Å². The standard InChI is InChI=1S/C23H23FN2O3/c1-15(2)18-10-8-16(3)12-22(18)28-14-23(27)26-25-13-17-9-11-21(29-17)19-6-4-5-7-20(19)24/h4-13,15H,14H2,1-3H3,(H,26,27)/b25-13+. The third kappa shape index (κ3) is 5.31. The van der Waals surface area contributed by atoms with Crippen molar-refractivity contribution in [2.75, 3.05) is 6.61 Å². The molecule has 2 aromatic carbocycles. The Morgan fingerprint density at radius 2 is 2.00 bits per heavy atom. The van der Waals surface area contributed by atoms with Crippen molar-refractivity contribution >= 4 is 12.1 Å². The molecular weight excluding hydrogens is 371 g/mol. The lowest BCUT2D eigenvalue weighted by molar-refractivity contribution is -0.123. The van der Waals surface area contributed by atoms with Gasteiger partial charge in [0.15, 0.2) is 6.61 Å². The molecule has 0 saturated carbocycles. The zero-order chi connectivity index (χ0) is 20.8. The molecule has 1 aromatic heterocycles. The number of carbonyl (C=O) groups is 1. The van der Waals surface area contributed by atoms with Gasteiger partial charge in [-0.25, -0.2) is 9.82 Å². The van der Waals surface area contributed by atoms with Crippen LogP contribution in [-0.2, 0) is 4.79 Å². The van der Waals surface area contributed by atoms with E-state index in [1.54, 1.807) is 30.3 Å². The minimum atomic E-state index is -0.390. The molecule has 29 heavy (non-hydrogen) atoms. The summed E-state index contributed by atoms with van der Waals surface area (Å²) in [7, 11) is 0. The van der Waals surface area contributed by atoms with Crippen molar-refractivity contribution in [1.82, 2.24) is 5.43 Å². The summed E-state index contributed by atoms with van der Waals surface area (Å²) in [5, 5.41) is 3.87. The number of hydrogen-bond donors (Lipinski definition) is 1. The van der Waals surface area contributed by atoms with Crippen LogP contribution < -0.4 is 10.2 Å². The molecule has 1 amide bonds. The summed E-state index contributed by atoms with van der Waals surface area (Å²) in [6, 6.07) is 15.6. The Morgan fingerprint density at radius 3 is 2.76 bits per heavy atom. The number of halogens is 1. The average Bonchev–Trinajstić information content (AvgIpc) is 3.15. The van der Waals surface area contributed by atoms with Crippen LogP contribution in [0.15, 0.2) is 64.1 Å². The third-order valence-electron chi connectivity index (χ3n) is 4.30. The summed E-state index contributed by atoms with van der Waals surface area (Å²) in [4.78, 5) is 12.0. The normalized spacial score (nSPS) is 11.2. The molecule has 5 nitrogen and oxygen atoms in total. The fraction of sp³-hybridized carbons (Fsp3) is 0.217. The van der Waals surface area contributed by atoms with Gasteiger partial charge in [-0.1, -0.05) is 38.1 Å². The van der Waals surface area contributed by atoms with Crippen LogP contribution in [0.25, 0.3) is 11.3 Å². The van der Waals surface area contributed by atoms with Gasteiger partial charge in [-0.2, -0.15) is 5.10 Å². The van der Waals surface area contributed by atoms with Gasteiger partial charge >= 0.3 is 0 Å². The molecule has 0 aliphatic heterocycles. The topological polar surface area (TPSA) is 63.8 Å². The maximum Gasteiger partial charge on any atom is 0.277 e. The van der Waals surface area contributed by atoms with Crippen LogP contribution in [0.2, 0.25) is 0 Å². The number of hydrogen-bond acceptors (Lipinski definition) is 4. The highest BCUT2D eigenvalue weighted by molar-refractivity contribution is 5.81. The van der Waals surface area contributed by atoms with Crippen LogP contribution in [0.3, 0.4) is 0 Å². The van der Waals surface area contributed by atoms with Crippen LogP contribution >= 0.6 is 0 Å². The van der Waals surface area contributed by atoms with E-state index in [0.717, 1.165) is 11.1 Å². The van der Waals surface area contributed by atoms with Gasteiger partial charge in [0.1, 0.15) is 23.1 Å². The van der Waals surface area contributed by atoms with Gasteiger partial charge in [0.2, 0.25) is 0 Å². The molecule has 0 unspecified atom stereocenters. The second-order valence-corrected chi connectivity index (χ2v) is 6.96. The predicted octanol–water partition coefficient (Wildman–Crippen LogP) is 5.05. The molecule has 1 heterocycles. The van der Waals surface area contributed by atoms with Gasteiger partial charge in [-0.15, -0.1) is 0 Å². The first-order valence-electron chi connectivity index (χ1n) is 9.34. The first-order chi connectivity index (χ1) is 13.9. The van der Waals surface area contributed by atoms with Crippen LogP contribution in [-0.4, -0.2) is 18.7 Å². The van der Waals surface area contributed by atoms with Gasteiger partial charge in [-0.3, -0.25) is 4.79 Å². The van der Waals surface area contributed by atoms with Crippen LogP contribution in [0.5, 0.6) is 5.75 Å². The Morgan fingerprint density at radius 1 is 1.21 bits per heavy atom. The lowest BCUT2D eigenvalue weighted by atomic mass is 10.0. The van der Waals surface area contributed by atoms with Crippen molar-refractivity contribution < 1.29 is 18.3 Å². The fourth-order valence-electron chi connectivity index (χ4n) is 2.82. The molecule has 6 heteroatoms. The largest absolute Gasteiger partial charge is 0.483 e. The highest BCUT2D eigenvalue weighted by Gasteiger charge is 2.11. The lowest BCUT2D eigenvalue weighted by Gasteiger charge is -2.14. The van der Waals surface area contributed by atoms with Crippen LogP contribution in [0.4, 0.5) is 4.39 Å². The Balaban J connectivity index is 1.56. The van der Waals surface area contributed by atoms with Gasteiger partial charge in [0.25, 0.3) is 5.91 Å². The Kier molecular flexibility index (Phi) is 6.44.